The zero-order chi connectivity index (χ0) is 13.9. The number of carboxylic acids is 1. The summed E-state index contributed by atoms with van der Waals surface area (Å²) in [5.74, 6) is -2.28. The van der Waals surface area contributed by atoms with Crippen LogP contribution in [0.5, 0.6) is 5.75 Å². The molecule has 0 saturated carbocycles. The Morgan fingerprint density at radius 2 is 2.00 bits per heavy atom. The van der Waals surface area contributed by atoms with Gasteiger partial charge >= 0.3 is 11.9 Å². The standard InChI is InChI=1S/C13H8O6/c1-4(2)6(14)3-5-7-10-11(19-13(7)17)8(12(15)16)9(5)18-10/h1,3H2,2H3,(H,15,16). The Morgan fingerprint density at radius 1 is 1.32 bits per heavy atom. The molecule has 0 atom stereocenters. The van der Waals surface area contributed by atoms with E-state index in [4.69, 9.17) is 14.3 Å². The minimum absolute atomic E-state index is 0.0351. The molecule has 2 bridgehead atoms. The van der Waals surface area contributed by atoms with Crippen molar-refractivity contribution in [1.82, 2.24) is 0 Å². The van der Waals surface area contributed by atoms with Crippen LogP contribution < -0.4 is 4.74 Å². The molecule has 6 nitrogen and oxygen atoms in total. The molecule has 0 spiro atoms. The number of Topliss-reactive ketones (excluding diaryl/α,β-unsaturated/α-hetero) is 1. The lowest BCUT2D eigenvalue weighted by atomic mass is 9.98. The number of hydrogen-bond donors (Lipinski definition) is 1. The lowest BCUT2D eigenvalue weighted by Gasteiger charge is -1.99. The van der Waals surface area contributed by atoms with E-state index in [0.29, 0.717) is 5.57 Å². The quantitative estimate of drug-likeness (QED) is 0.665. The molecule has 1 aliphatic rings. The molecule has 0 aromatic carbocycles. The van der Waals surface area contributed by atoms with Gasteiger partial charge in [-0.05, 0) is 12.5 Å². The highest BCUT2D eigenvalue weighted by atomic mass is 16.6. The van der Waals surface area contributed by atoms with Crippen molar-refractivity contribution in [3.8, 4) is 5.75 Å². The second-order valence-corrected chi connectivity index (χ2v) is 4.39. The van der Waals surface area contributed by atoms with Crippen LogP contribution in [0.4, 0.5) is 0 Å². The van der Waals surface area contributed by atoms with Gasteiger partial charge in [0.1, 0.15) is 11.1 Å². The third kappa shape index (κ3) is 1.33. The minimum Gasteiger partial charge on any atom is -0.477 e. The van der Waals surface area contributed by atoms with E-state index in [1.807, 2.05) is 0 Å². The summed E-state index contributed by atoms with van der Waals surface area (Å²) in [7, 11) is 0. The number of aromatic carboxylic acids is 1. The van der Waals surface area contributed by atoms with Gasteiger partial charge in [-0.15, -0.1) is 0 Å². The number of hydrogen-bond acceptors (Lipinski definition) is 5. The fourth-order valence-electron chi connectivity index (χ4n) is 2.18. The summed E-state index contributed by atoms with van der Waals surface area (Å²) >= 11 is 0. The summed E-state index contributed by atoms with van der Waals surface area (Å²) in [5, 5.41) is 9.11. The molecule has 0 radical (unpaired) electrons. The lowest BCUT2D eigenvalue weighted by molar-refractivity contribution is -0.114. The Labute approximate surface area is 106 Å². The average Bonchev–Trinajstić information content (AvgIpc) is 2.89. The molecule has 19 heavy (non-hydrogen) atoms. The zero-order valence-corrected chi connectivity index (χ0v) is 9.90. The lowest BCUT2D eigenvalue weighted by Crippen LogP contribution is -2.08. The van der Waals surface area contributed by atoms with Gasteiger partial charge in [-0.3, -0.25) is 4.79 Å². The van der Waals surface area contributed by atoms with Crippen molar-refractivity contribution in [1.29, 1.82) is 0 Å². The van der Waals surface area contributed by atoms with Crippen molar-refractivity contribution in [2.45, 2.75) is 13.3 Å². The van der Waals surface area contributed by atoms with Gasteiger partial charge in [0.2, 0.25) is 0 Å². The topological polar surface area (TPSA) is 93.8 Å². The number of rotatable bonds is 4. The highest BCUT2D eigenvalue weighted by molar-refractivity contribution is 6.18. The molecule has 2 aromatic heterocycles. The van der Waals surface area contributed by atoms with E-state index >= 15 is 0 Å². The fourth-order valence-corrected chi connectivity index (χ4v) is 2.18. The summed E-state index contributed by atoms with van der Waals surface area (Å²) < 4.78 is 10.1. The monoisotopic (exact) mass is 260 g/mol. The van der Waals surface area contributed by atoms with Gasteiger partial charge < -0.3 is 14.3 Å². The van der Waals surface area contributed by atoms with Crippen LogP contribution in [0, 0.1) is 0 Å². The Morgan fingerprint density at radius 3 is 2.58 bits per heavy atom. The number of benzene rings is 1. The summed E-state index contributed by atoms with van der Waals surface area (Å²) in [4.78, 5) is 34.5. The molecule has 6 heteroatoms. The first kappa shape index (κ1) is 11.5. The molecular formula is C13H8O6. The van der Waals surface area contributed by atoms with Gasteiger partial charge in [0.15, 0.2) is 22.7 Å². The van der Waals surface area contributed by atoms with Crippen LogP contribution in [-0.2, 0) is 11.2 Å². The van der Waals surface area contributed by atoms with E-state index in [9.17, 15) is 14.4 Å². The van der Waals surface area contributed by atoms with E-state index in [2.05, 4.69) is 6.58 Å². The smallest absolute Gasteiger partial charge is 0.348 e. The van der Waals surface area contributed by atoms with Crippen molar-refractivity contribution in [3.05, 3.63) is 28.8 Å². The summed E-state index contributed by atoms with van der Waals surface area (Å²) in [6.45, 7) is 5.07. The van der Waals surface area contributed by atoms with Crippen LogP contribution in [0.2, 0.25) is 0 Å². The number of fused-ring (bicyclic) bond motifs is 1. The first-order valence-electron chi connectivity index (χ1n) is 5.46. The van der Waals surface area contributed by atoms with Crippen molar-refractivity contribution < 1.29 is 28.6 Å². The second-order valence-electron chi connectivity index (χ2n) is 4.39. The average molecular weight is 260 g/mol. The highest BCUT2D eigenvalue weighted by Gasteiger charge is 2.41. The maximum atomic E-state index is 11.7. The first-order chi connectivity index (χ1) is 8.91. The number of furan rings is 2. The number of ether oxygens (including phenoxy) is 1. The Balaban J connectivity index is 2.20. The van der Waals surface area contributed by atoms with Crippen molar-refractivity contribution in [2.75, 3.05) is 0 Å². The molecule has 3 heterocycles. The van der Waals surface area contributed by atoms with E-state index in [1.54, 1.807) is 6.92 Å². The number of carbonyl (C=O) groups is 3. The third-order valence-corrected chi connectivity index (χ3v) is 3.09. The molecule has 3 rings (SSSR count). The predicted molar refractivity (Wildman–Crippen MR) is 62.8 cm³/mol. The van der Waals surface area contributed by atoms with Crippen LogP contribution in [0.15, 0.2) is 16.6 Å². The van der Waals surface area contributed by atoms with Crippen molar-refractivity contribution >= 4 is 28.9 Å². The number of ketones is 1. The third-order valence-electron chi connectivity index (χ3n) is 3.09. The Kier molecular flexibility index (Phi) is 2.08. The summed E-state index contributed by atoms with van der Waals surface area (Å²) in [5.41, 5.74) is 0.703. The van der Waals surface area contributed by atoms with Gasteiger partial charge in [-0.2, -0.15) is 0 Å². The van der Waals surface area contributed by atoms with Gasteiger partial charge in [-0.1, -0.05) is 6.58 Å². The summed E-state index contributed by atoms with van der Waals surface area (Å²) in [6.07, 6.45) is -0.122. The minimum atomic E-state index is -1.26. The molecule has 0 fully saturated rings. The number of allylic oxidation sites excluding steroid dienone is 1. The van der Waals surface area contributed by atoms with Crippen LogP contribution in [0.1, 0.15) is 33.2 Å². The second kappa shape index (κ2) is 3.44. The van der Waals surface area contributed by atoms with Crippen molar-refractivity contribution in [3.63, 3.8) is 0 Å². The molecule has 0 amide bonds. The van der Waals surface area contributed by atoms with E-state index < -0.39 is 11.9 Å². The Bertz CT molecular complexity index is 763. The van der Waals surface area contributed by atoms with Gasteiger partial charge in [0.25, 0.3) is 0 Å². The SMILES string of the molecule is C=C(C)C(=O)Cc1c2c3oc1c(C(=O)O)c3OC2=O. The van der Waals surface area contributed by atoms with Crippen molar-refractivity contribution in [2.24, 2.45) is 0 Å². The van der Waals surface area contributed by atoms with E-state index in [-0.39, 0.29) is 45.8 Å². The molecule has 0 unspecified atom stereocenters. The number of esters is 1. The fraction of sp³-hybridized carbons (Fsp3) is 0.154. The molecular weight excluding hydrogens is 252 g/mol. The number of carbonyl (C=O) groups excluding carboxylic acids is 2. The van der Waals surface area contributed by atoms with Gasteiger partial charge in [-0.25, -0.2) is 9.59 Å². The van der Waals surface area contributed by atoms with Gasteiger partial charge in [0.05, 0.1) is 0 Å². The van der Waals surface area contributed by atoms with E-state index in [1.165, 1.54) is 0 Å². The van der Waals surface area contributed by atoms with Crippen LogP contribution in [0.3, 0.4) is 0 Å². The molecule has 0 saturated heterocycles. The molecule has 96 valence electrons. The zero-order valence-electron chi connectivity index (χ0n) is 9.90. The van der Waals surface area contributed by atoms with Crippen LogP contribution in [0.25, 0.3) is 11.2 Å². The predicted octanol–water partition coefficient (Wildman–Crippen LogP) is 1.79. The van der Waals surface area contributed by atoms with Crippen LogP contribution >= 0.6 is 0 Å². The first-order valence-corrected chi connectivity index (χ1v) is 5.46. The number of carboxylic acid groups (broad SMARTS) is 1. The summed E-state index contributed by atoms with van der Waals surface area (Å²) in [6, 6.07) is 0. The van der Waals surface area contributed by atoms with Crippen LogP contribution in [-0.4, -0.2) is 22.8 Å². The largest absolute Gasteiger partial charge is 0.477 e. The van der Waals surface area contributed by atoms with E-state index in [0.717, 1.165) is 0 Å². The molecule has 2 aromatic rings. The normalized spacial score (nSPS) is 13.0. The maximum Gasteiger partial charge on any atom is 0.348 e. The molecule has 1 N–H and O–H groups in total. The van der Waals surface area contributed by atoms with Gasteiger partial charge in [0, 0.05) is 12.0 Å². The molecule has 1 aliphatic heterocycles. The molecule has 0 aliphatic carbocycles. The Hall–Kier alpha value is -2.63. The maximum absolute atomic E-state index is 11.7. The highest BCUT2D eigenvalue weighted by Crippen LogP contribution is 2.47.